The molecule has 2 atom stereocenters. The van der Waals surface area contributed by atoms with Crippen LogP contribution >= 0.6 is 0 Å². The highest BCUT2D eigenvalue weighted by Crippen LogP contribution is 2.22. The number of hydrogen-bond acceptors (Lipinski definition) is 2. The molecular formula is C18H35NO2. The average molecular weight is 297 g/mol. The highest BCUT2D eigenvalue weighted by Gasteiger charge is 2.32. The second-order valence-corrected chi connectivity index (χ2v) is 6.65. The van der Waals surface area contributed by atoms with E-state index in [4.69, 9.17) is 0 Å². The fourth-order valence-corrected chi connectivity index (χ4v) is 3.31. The van der Waals surface area contributed by atoms with Gasteiger partial charge in [0.25, 0.3) is 0 Å². The molecule has 1 aliphatic heterocycles. The van der Waals surface area contributed by atoms with Gasteiger partial charge in [0.2, 0.25) is 5.91 Å². The minimum absolute atomic E-state index is 0.0658. The average Bonchev–Trinajstić information content (AvgIpc) is 2.81. The highest BCUT2D eigenvalue weighted by molar-refractivity contribution is 5.78. The van der Waals surface area contributed by atoms with Gasteiger partial charge in [-0.2, -0.15) is 0 Å². The Kier molecular flexibility index (Phi) is 9.73. The number of nitrogens with zero attached hydrogens (tertiary/aromatic N) is 1. The molecular weight excluding hydrogens is 262 g/mol. The molecule has 1 heterocycles. The Morgan fingerprint density at radius 3 is 2.05 bits per heavy atom. The number of unbranched alkanes of at least 4 members (excludes halogenated alkanes) is 9. The molecule has 124 valence electrons. The zero-order valence-corrected chi connectivity index (χ0v) is 14.1. The van der Waals surface area contributed by atoms with E-state index in [0.717, 1.165) is 19.3 Å². The van der Waals surface area contributed by atoms with Gasteiger partial charge in [-0.25, -0.2) is 0 Å². The maximum absolute atomic E-state index is 11.4. The van der Waals surface area contributed by atoms with Crippen molar-refractivity contribution in [2.24, 2.45) is 0 Å². The highest BCUT2D eigenvalue weighted by atomic mass is 16.3. The molecule has 0 aromatic carbocycles. The van der Waals surface area contributed by atoms with Crippen LogP contribution in [0.4, 0.5) is 0 Å². The molecule has 1 rings (SSSR count). The van der Waals surface area contributed by atoms with E-state index in [-0.39, 0.29) is 18.1 Å². The number of rotatable bonds is 12. The molecule has 1 aliphatic rings. The molecule has 21 heavy (non-hydrogen) atoms. The van der Waals surface area contributed by atoms with Crippen molar-refractivity contribution in [3.05, 3.63) is 0 Å². The smallest absolute Gasteiger partial charge is 0.222 e. The third-order valence-corrected chi connectivity index (χ3v) is 4.84. The second-order valence-electron chi connectivity index (χ2n) is 6.65. The van der Waals surface area contributed by atoms with Gasteiger partial charge in [0.1, 0.15) is 0 Å². The lowest BCUT2D eigenvalue weighted by Gasteiger charge is -2.25. The number of likely N-dealkylation sites (tertiary alicyclic amines) is 1. The van der Waals surface area contributed by atoms with Crippen molar-refractivity contribution >= 4 is 5.91 Å². The number of likely N-dealkylation sites (N-methyl/N-ethyl adjacent to an activating group) is 1. The first-order chi connectivity index (χ1) is 10.2. The van der Waals surface area contributed by atoms with Gasteiger partial charge in [0, 0.05) is 13.5 Å². The van der Waals surface area contributed by atoms with E-state index >= 15 is 0 Å². The van der Waals surface area contributed by atoms with E-state index in [2.05, 4.69) is 6.92 Å². The number of carbonyl (C=O) groups excluding carboxylic acids is 1. The van der Waals surface area contributed by atoms with E-state index in [1.165, 1.54) is 57.8 Å². The maximum atomic E-state index is 11.4. The molecule has 0 saturated carbocycles. The maximum Gasteiger partial charge on any atom is 0.222 e. The van der Waals surface area contributed by atoms with Crippen molar-refractivity contribution in [3.63, 3.8) is 0 Å². The zero-order valence-electron chi connectivity index (χ0n) is 14.1. The van der Waals surface area contributed by atoms with Crippen LogP contribution in [0.15, 0.2) is 0 Å². The van der Waals surface area contributed by atoms with Gasteiger partial charge in [-0.1, -0.05) is 71.1 Å². The molecule has 0 aromatic rings. The van der Waals surface area contributed by atoms with Gasteiger partial charge in [-0.3, -0.25) is 4.79 Å². The quantitative estimate of drug-likeness (QED) is 0.546. The largest absolute Gasteiger partial charge is 0.391 e. The molecule has 3 heteroatoms. The lowest BCUT2D eigenvalue weighted by molar-refractivity contribution is -0.129. The summed E-state index contributed by atoms with van der Waals surface area (Å²) in [5.74, 6) is 0.183. The fourth-order valence-electron chi connectivity index (χ4n) is 3.31. The Hall–Kier alpha value is -0.570. The molecule has 3 nitrogen and oxygen atoms in total. The first kappa shape index (κ1) is 18.5. The van der Waals surface area contributed by atoms with Crippen LogP contribution in [0.25, 0.3) is 0 Å². The SMILES string of the molecule is CCCCCCCCCCCC[C@H](O)[C@H]1CCC(=O)N1C. The van der Waals surface area contributed by atoms with Crippen LogP contribution in [-0.4, -0.2) is 35.1 Å². The van der Waals surface area contributed by atoms with E-state index in [1.54, 1.807) is 4.90 Å². The Morgan fingerprint density at radius 2 is 1.57 bits per heavy atom. The third-order valence-electron chi connectivity index (χ3n) is 4.84. The molecule has 1 fully saturated rings. The molecule has 1 N–H and O–H groups in total. The predicted octanol–water partition coefficient (Wildman–Crippen LogP) is 4.28. The van der Waals surface area contributed by atoms with Crippen LogP contribution in [-0.2, 0) is 4.79 Å². The molecule has 0 aliphatic carbocycles. The summed E-state index contributed by atoms with van der Waals surface area (Å²) in [5, 5.41) is 10.2. The van der Waals surface area contributed by atoms with Crippen LogP contribution in [0.3, 0.4) is 0 Å². The predicted molar refractivity (Wildman–Crippen MR) is 88.3 cm³/mol. The van der Waals surface area contributed by atoms with Gasteiger partial charge >= 0.3 is 0 Å². The van der Waals surface area contributed by atoms with Crippen molar-refractivity contribution in [2.45, 2.75) is 103 Å². The lowest BCUT2D eigenvalue weighted by atomic mass is 10.0. The van der Waals surface area contributed by atoms with Crippen LogP contribution in [0, 0.1) is 0 Å². The normalized spacial score (nSPS) is 20.2. The topological polar surface area (TPSA) is 40.5 Å². The Bertz CT molecular complexity index is 280. The van der Waals surface area contributed by atoms with Gasteiger partial charge in [-0.15, -0.1) is 0 Å². The Morgan fingerprint density at radius 1 is 1.05 bits per heavy atom. The van der Waals surface area contributed by atoms with E-state index in [1.807, 2.05) is 7.05 Å². The minimum Gasteiger partial charge on any atom is -0.391 e. The standard InChI is InChI=1S/C18H35NO2/c1-3-4-5-6-7-8-9-10-11-12-13-17(20)16-14-15-18(21)19(16)2/h16-17,20H,3-15H2,1-2H3/t16-,17+/m1/s1. The molecule has 1 saturated heterocycles. The molecule has 1 amide bonds. The number of amides is 1. The van der Waals surface area contributed by atoms with Crippen molar-refractivity contribution in [1.82, 2.24) is 4.90 Å². The molecule has 0 radical (unpaired) electrons. The van der Waals surface area contributed by atoms with E-state index in [9.17, 15) is 9.90 Å². The van der Waals surface area contributed by atoms with Gasteiger partial charge in [0.15, 0.2) is 0 Å². The van der Waals surface area contributed by atoms with Gasteiger partial charge < -0.3 is 10.0 Å². The molecule has 0 bridgehead atoms. The zero-order chi connectivity index (χ0) is 15.5. The van der Waals surface area contributed by atoms with Crippen LogP contribution in [0.5, 0.6) is 0 Å². The van der Waals surface area contributed by atoms with Crippen molar-refractivity contribution < 1.29 is 9.90 Å². The third kappa shape index (κ3) is 7.30. The minimum atomic E-state index is -0.324. The van der Waals surface area contributed by atoms with Crippen molar-refractivity contribution in [3.8, 4) is 0 Å². The number of aliphatic hydroxyl groups is 1. The first-order valence-electron chi connectivity index (χ1n) is 9.10. The number of aliphatic hydroxyl groups excluding tert-OH is 1. The summed E-state index contributed by atoms with van der Waals surface area (Å²) < 4.78 is 0. The summed E-state index contributed by atoms with van der Waals surface area (Å²) in [7, 11) is 1.82. The van der Waals surface area contributed by atoms with Crippen LogP contribution in [0.2, 0.25) is 0 Å². The van der Waals surface area contributed by atoms with Gasteiger partial charge in [0.05, 0.1) is 12.1 Å². The first-order valence-corrected chi connectivity index (χ1v) is 9.10. The molecule has 0 unspecified atom stereocenters. The summed E-state index contributed by atoms with van der Waals surface area (Å²) in [6.07, 6.45) is 15.2. The van der Waals surface area contributed by atoms with E-state index in [0.29, 0.717) is 6.42 Å². The van der Waals surface area contributed by atoms with Crippen LogP contribution < -0.4 is 0 Å². The van der Waals surface area contributed by atoms with Crippen LogP contribution in [0.1, 0.15) is 90.4 Å². The van der Waals surface area contributed by atoms with Crippen molar-refractivity contribution in [1.29, 1.82) is 0 Å². The fraction of sp³-hybridized carbons (Fsp3) is 0.944. The summed E-state index contributed by atoms with van der Waals surface area (Å²) in [6.45, 7) is 2.26. The molecule has 0 spiro atoms. The monoisotopic (exact) mass is 297 g/mol. The van der Waals surface area contributed by atoms with Crippen molar-refractivity contribution in [2.75, 3.05) is 7.05 Å². The molecule has 0 aromatic heterocycles. The second kappa shape index (κ2) is 11.1. The summed E-state index contributed by atoms with van der Waals surface area (Å²) in [5.41, 5.74) is 0. The lowest BCUT2D eigenvalue weighted by Crippen LogP contribution is -2.38. The Labute approximate surface area is 131 Å². The Balaban J connectivity index is 1.91. The van der Waals surface area contributed by atoms with E-state index < -0.39 is 0 Å². The number of hydrogen-bond donors (Lipinski definition) is 1. The summed E-state index contributed by atoms with van der Waals surface area (Å²) in [6, 6.07) is 0.0658. The number of carbonyl (C=O) groups is 1. The summed E-state index contributed by atoms with van der Waals surface area (Å²) >= 11 is 0. The summed E-state index contributed by atoms with van der Waals surface area (Å²) in [4.78, 5) is 13.2. The van der Waals surface area contributed by atoms with Gasteiger partial charge in [-0.05, 0) is 12.8 Å².